The van der Waals surface area contributed by atoms with Crippen LogP contribution in [-0.2, 0) is 4.79 Å². The molecule has 230 valence electrons. The molecular formula is C37H53NO4. The lowest BCUT2D eigenvalue weighted by Crippen LogP contribution is -2.65. The van der Waals surface area contributed by atoms with E-state index in [0.29, 0.717) is 41.7 Å². The van der Waals surface area contributed by atoms with Crippen molar-refractivity contribution < 1.29 is 19.8 Å². The summed E-state index contributed by atoms with van der Waals surface area (Å²) in [6.45, 7) is 13.2. The van der Waals surface area contributed by atoms with E-state index >= 15 is 0 Å². The first-order valence-corrected chi connectivity index (χ1v) is 16.7. The van der Waals surface area contributed by atoms with Crippen molar-refractivity contribution in [2.75, 3.05) is 20.2 Å². The molecular weight excluding hydrogens is 522 g/mol. The van der Waals surface area contributed by atoms with E-state index in [-0.39, 0.29) is 33.7 Å². The number of carboxylic acid groups (broad SMARTS) is 1. The number of carboxylic acids is 1. The number of aliphatic hydroxyl groups is 1. The summed E-state index contributed by atoms with van der Waals surface area (Å²) in [7, 11) is 1.89. The smallest absolute Gasteiger partial charge is 0.335 e. The number of carbonyl (C=O) groups excluding carboxylic acids is 1. The summed E-state index contributed by atoms with van der Waals surface area (Å²) in [6.07, 6.45) is 14.0. The molecule has 0 heterocycles. The molecule has 6 rings (SSSR count). The van der Waals surface area contributed by atoms with E-state index in [0.717, 1.165) is 37.7 Å². The second-order valence-electron chi connectivity index (χ2n) is 16.2. The van der Waals surface area contributed by atoms with Crippen LogP contribution >= 0.6 is 0 Å². The van der Waals surface area contributed by atoms with Gasteiger partial charge in [-0.1, -0.05) is 59.2 Å². The normalized spacial score (nSPS) is 41.9. The van der Waals surface area contributed by atoms with E-state index in [9.17, 15) is 19.8 Å². The number of hydrogen-bond donors (Lipinski definition) is 2. The van der Waals surface area contributed by atoms with Crippen LogP contribution in [0.4, 0.5) is 0 Å². The largest absolute Gasteiger partial charge is 0.478 e. The molecule has 0 saturated heterocycles. The molecule has 1 amide bonds. The van der Waals surface area contributed by atoms with Crippen LogP contribution in [0.2, 0.25) is 0 Å². The number of nitrogens with zero attached hydrogens (tertiary/aromatic N) is 1. The Kier molecular flexibility index (Phi) is 7.08. The third-order valence-corrected chi connectivity index (χ3v) is 14.6. The van der Waals surface area contributed by atoms with Gasteiger partial charge in [-0.15, -0.1) is 0 Å². The van der Waals surface area contributed by atoms with Crippen molar-refractivity contribution in [3.63, 3.8) is 0 Å². The average Bonchev–Trinajstić information content (AvgIpc) is 3.38. The van der Waals surface area contributed by atoms with Gasteiger partial charge < -0.3 is 15.1 Å². The Hall–Kier alpha value is -2.14. The summed E-state index contributed by atoms with van der Waals surface area (Å²) in [5.74, 6) is 1.71. The second kappa shape index (κ2) is 9.94. The summed E-state index contributed by atoms with van der Waals surface area (Å²) < 4.78 is 0. The molecule has 4 saturated carbocycles. The zero-order chi connectivity index (χ0) is 30.3. The molecule has 1 aromatic rings. The molecule has 7 unspecified atom stereocenters. The molecule has 5 aliphatic rings. The molecule has 2 N–H and O–H groups in total. The average molecular weight is 576 g/mol. The van der Waals surface area contributed by atoms with Crippen LogP contribution in [0.25, 0.3) is 5.57 Å². The molecule has 5 aliphatic carbocycles. The predicted octanol–water partition coefficient (Wildman–Crippen LogP) is 7.68. The minimum absolute atomic E-state index is 0.00764. The Morgan fingerprint density at radius 3 is 2.24 bits per heavy atom. The number of likely N-dealkylation sites (N-methyl/N-ethyl adjacent to an activating group) is 1. The summed E-state index contributed by atoms with van der Waals surface area (Å²) >= 11 is 0. The minimum Gasteiger partial charge on any atom is -0.478 e. The Bertz CT molecular complexity index is 1280. The van der Waals surface area contributed by atoms with Gasteiger partial charge in [-0.05, 0) is 126 Å². The van der Waals surface area contributed by atoms with Crippen LogP contribution in [0.15, 0.2) is 30.3 Å². The monoisotopic (exact) mass is 575 g/mol. The lowest BCUT2D eigenvalue weighted by atomic mass is 9.32. The zero-order valence-electron chi connectivity index (χ0n) is 26.8. The summed E-state index contributed by atoms with van der Waals surface area (Å²) in [5, 5.41) is 19.0. The molecule has 0 bridgehead atoms. The van der Waals surface area contributed by atoms with Gasteiger partial charge in [-0.2, -0.15) is 0 Å². The van der Waals surface area contributed by atoms with Gasteiger partial charge in [-0.3, -0.25) is 4.79 Å². The maximum absolute atomic E-state index is 13.9. The Labute approximate surface area is 253 Å². The number of aliphatic hydroxyl groups excluding tert-OH is 1. The van der Waals surface area contributed by atoms with Gasteiger partial charge in [0.2, 0.25) is 5.91 Å². The Morgan fingerprint density at radius 2 is 1.57 bits per heavy atom. The number of benzene rings is 1. The zero-order valence-corrected chi connectivity index (χ0v) is 26.8. The summed E-state index contributed by atoms with van der Waals surface area (Å²) in [5.41, 5.74) is 3.38. The van der Waals surface area contributed by atoms with Gasteiger partial charge in [0.15, 0.2) is 0 Å². The highest BCUT2D eigenvalue weighted by Crippen LogP contribution is 2.77. The third kappa shape index (κ3) is 3.90. The molecule has 5 nitrogen and oxygen atoms in total. The van der Waals surface area contributed by atoms with Crippen molar-refractivity contribution in [3.8, 4) is 0 Å². The lowest BCUT2D eigenvalue weighted by molar-refractivity contribution is -0.223. The quantitative estimate of drug-likeness (QED) is 0.377. The SMILES string of the molecule is CN(CCO)C(=O)C12CCCC1C1CCC3C4(C)CC=C(c5ccc(C(=O)O)cc5)C(C)(C)C4CCC3(C)[C@]1(C)CC2. The van der Waals surface area contributed by atoms with Gasteiger partial charge in [0.05, 0.1) is 17.6 Å². The topological polar surface area (TPSA) is 77.8 Å². The molecule has 0 aromatic heterocycles. The molecule has 0 spiro atoms. The molecule has 4 fully saturated rings. The maximum atomic E-state index is 13.9. The molecule has 5 heteroatoms. The van der Waals surface area contributed by atoms with E-state index in [4.69, 9.17) is 0 Å². The van der Waals surface area contributed by atoms with Gasteiger partial charge >= 0.3 is 5.97 Å². The van der Waals surface area contributed by atoms with E-state index in [2.05, 4.69) is 40.7 Å². The third-order valence-electron chi connectivity index (χ3n) is 14.6. The van der Waals surface area contributed by atoms with Crippen LogP contribution < -0.4 is 0 Å². The van der Waals surface area contributed by atoms with Crippen molar-refractivity contribution >= 4 is 17.4 Å². The number of fused-ring (bicyclic) bond motifs is 7. The highest BCUT2D eigenvalue weighted by molar-refractivity contribution is 5.88. The van der Waals surface area contributed by atoms with Crippen LogP contribution in [0.5, 0.6) is 0 Å². The predicted molar refractivity (Wildman–Crippen MR) is 167 cm³/mol. The fourth-order valence-electron chi connectivity index (χ4n) is 12.5. The van der Waals surface area contributed by atoms with Gasteiger partial charge in [-0.25, -0.2) is 4.79 Å². The standard InChI is InChI=1S/C37H53NO4/c1-33(2)26(24-9-11-25(12-10-24)31(40)41)15-18-34(3)29(33)16-19-36(5)30(34)14-13-27-28-8-7-17-37(28,21-20-35(27,36)4)32(42)38(6)22-23-39/h9-12,15,27-30,39H,7-8,13-14,16-23H2,1-6H3,(H,40,41)/t27?,28?,29?,30?,34?,35-,36?,37?/m1/s1. The fourth-order valence-corrected chi connectivity index (χ4v) is 12.5. The first-order chi connectivity index (χ1) is 19.8. The molecule has 42 heavy (non-hydrogen) atoms. The first kappa shape index (κ1) is 29.9. The Balaban J connectivity index is 1.32. The first-order valence-electron chi connectivity index (χ1n) is 16.7. The van der Waals surface area contributed by atoms with Gasteiger partial charge in [0.25, 0.3) is 0 Å². The van der Waals surface area contributed by atoms with Crippen molar-refractivity contribution in [1.82, 2.24) is 4.90 Å². The molecule has 0 aliphatic heterocycles. The van der Waals surface area contributed by atoms with E-state index < -0.39 is 5.97 Å². The molecule has 1 aromatic carbocycles. The van der Waals surface area contributed by atoms with Crippen LogP contribution in [-0.4, -0.2) is 47.2 Å². The fraction of sp³-hybridized carbons (Fsp3) is 0.730. The number of allylic oxidation sites excluding steroid dienone is 2. The summed E-state index contributed by atoms with van der Waals surface area (Å²) in [4.78, 5) is 27.2. The number of aromatic carboxylic acids is 1. The Morgan fingerprint density at radius 1 is 0.857 bits per heavy atom. The van der Waals surface area contributed by atoms with Crippen molar-refractivity contribution in [2.24, 2.45) is 50.7 Å². The van der Waals surface area contributed by atoms with Crippen molar-refractivity contribution in [3.05, 3.63) is 41.5 Å². The lowest BCUT2D eigenvalue weighted by Gasteiger charge is -2.72. The number of rotatable bonds is 5. The van der Waals surface area contributed by atoms with Crippen molar-refractivity contribution in [1.29, 1.82) is 0 Å². The van der Waals surface area contributed by atoms with Crippen LogP contribution in [0.3, 0.4) is 0 Å². The number of amides is 1. The second-order valence-corrected chi connectivity index (χ2v) is 16.2. The minimum atomic E-state index is -0.874. The number of hydrogen-bond acceptors (Lipinski definition) is 3. The van der Waals surface area contributed by atoms with Gasteiger partial charge in [0.1, 0.15) is 0 Å². The van der Waals surface area contributed by atoms with Crippen LogP contribution in [0, 0.1) is 50.7 Å². The molecule has 8 atom stereocenters. The summed E-state index contributed by atoms with van der Waals surface area (Å²) in [6, 6.07) is 7.52. The van der Waals surface area contributed by atoms with Crippen molar-refractivity contribution in [2.45, 2.75) is 98.8 Å². The van der Waals surface area contributed by atoms with E-state index in [1.807, 2.05) is 24.1 Å². The van der Waals surface area contributed by atoms with E-state index in [1.165, 1.54) is 37.7 Å². The van der Waals surface area contributed by atoms with E-state index in [1.54, 1.807) is 12.1 Å². The highest BCUT2D eigenvalue weighted by Gasteiger charge is 2.70. The highest BCUT2D eigenvalue weighted by atomic mass is 16.4. The maximum Gasteiger partial charge on any atom is 0.335 e. The van der Waals surface area contributed by atoms with Gasteiger partial charge in [0, 0.05) is 13.6 Å². The molecule has 0 radical (unpaired) electrons. The number of carbonyl (C=O) groups is 2. The van der Waals surface area contributed by atoms with Crippen LogP contribution in [0.1, 0.15) is 115 Å².